The van der Waals surface area contributed by atoms with E-state index in [-0.39, 0.29) is 19.0 Å². The first-order chi connectivity index (χ1) is 15.0. The number of aliphatic hydroxyl groups is 1. The number of esters is 1. The van der Waals surface area contributed by atoms with E-state index in [1.807, 2.05) is 19.9 Å². The van der Waals surface area contributed by atoms with Crippen molar-refractivity contribution in [3.05, 3.63) is 53.1 Å². The Morgan fingerprint density at radius 3 is 2.42 bits per heavy atom. The van der Waals surface area contributed by atoms with Crippen molar-refractivity contribution in [2.45, 2.75) is 26.3 Å². The fraction of sp³-hybridized carbons (Fsp3) is 0.364. The molecule has 0 aliphatic heterocycles. The lowest BCUT2D eigenvalue weighted by molar-refractivity contribution is -0.141. The molecule has 0 aromatic heterocycles. The molecule has 0 bridgehead atoms. The summed E-state index contributed by atoms with van der Waals surface area (Å²) >= 11 is 0. The number of nitrogens with zero attached hydrogens (tertiary/aromatic N) is 1. The summed E-state index contributed by atoms with van der Waals surface area (Å²) < 4.78 is 16.4. The van der Waals surface area contributed by atoms with Gasteiger partial charge in [-0.1, -0.05) is 12.1 Å². The van der Waals surface area contributed by atoms with Gasteiger partial charge in [-0.3, -0.25) is 0 Å². The normalized spacial score (nSPS) is 12.2. The van der Waals surface area contributed by atoms with Gasteiger partial charge in [-0.15, -0.1) is 0 Å². The van der Waals surface area contributed by atoms with Gasteiger partial charge in [-0.05, 0) is 49.2 Å². The summed E-state index contributed by atoms with van der Waals surface area (Å²) in [4.78, 5) is 12.7. The largest absolute Gasteiger partial charge is 0.493 e. The van der Waals surface area contributed by atoms with Crippen molar-refractivity contribution in [1.82, 2.24) is 0 Å². The van der Waals surface area contributed by atoms with Crippen LogP contribution in [0.15, 0.2) is 41.6 Å². The Balaban J connectivity index is 2.49. The molecule has 9 heteroatoms. The quantitative estimate of drug-likeness (QED) is 0.140. The van der Waals surface area contributed by atoms with Crippen LogP contribution in [0.1, 0.15) is 36.6 Å². The maximum atomic E-state index is 12.7. The zero-order valence-electron chi connectivity index (χ0n) is 17.9. The fourth-order valence-corrected chi connectivity index (χ4v) is 3.04. The Labute approximate surface area is 181 Å². The van der Waals surface area contributed by atoms with Crippen LogP contribution in [0.4, 0.5) is 5.69 Å². The Hall–Kier alpha value is -3.46. The molecule has 5 N–H and O–H groups in total. The van der Waals surface area contributed by atoms with Crippen molar-refractivity contribution < 1.29 is 29.3 Å². The molecule has 2 aromatic rings. The average Bonchev–Trinajstić information content (AvgIpc) is 2.80. The molecule has 2 rings (SSSR count). The van der Waals surface area contributed by atoms with E-state index in [4.69, 9.17) is 25.2 Å². The molecule has 9 nitrogen and oxygen atoms in total. The molecule has 1 atom stereocenters. The smallest absolute Gasteiger partial charge is 0.333 e. The second-order valence-electron chi connectivity index (χ2n) is 6.52. The van der Waals surface area contributed by atoms with Crippen LogP contribution < -0.4 is 20.5 Å². The van der Waals surface area contributed by atoms with Gasteiger partial charge in [0.1, 0.15) is 18.1 Å². The number of carbonyl (C=O) groups is 1. The van der Waals surface area contributed by atoms with Crippen LogP contribution in [0.25, 0.3) is 0 Å². The topological polar surface area (TPSA) is 136 Å². The molecular weight excluding hydrogens is 402 g/mol. The van der Waals surface area contributed by atoms with E-state index in [1.165, 1.54) is 7.11 Å². The van der Waals surface area contributed by atoms with Crippen molar-refractivity contribution in [2.24, 2.45) is 10.9 Å². The number of methoxy groups -OCH3 is 1. The number of aliphatic hydroxyl groups excluding tert-OH is 1. The standard InChI is InChI=1S/C22H29N3O6/c1-4-14-12-17(19(31-11-10-26)13-18(14)30-5-2)20(22(27)29-3)24-16-8-6-15(7-9-16)21(23)25-28/h6-9,12-13,20,24,26,28H,4-5,10-11H2,1-3H3,(H2,23,25). The highest BCUT2D eigenvalue weighted by Crippen LogP contribution is 2.36. The molecule has 1 unspecified atom stereocenters. The summed E-state index contributed by atoms with van der Waals surface area (Å²) in [5.74, 6) is 0.537. The SMILES string of the molecule is CCOc1cc(OCCO)c(C(Nc2ccc(/C(N)=N/O)cc2)C(=O)OC)cc1CC. The third-order valence-corrected chi connectivity index (χ3v) is 4.57. The number of amidine groups is 1. The number of benzene rings is 2. The lowest BCUT2D eigenvalue weighted by atomic mass is 9.99. The van der Waals surface area contributed by atoms with Gasteiger partial charge in [0, 0.05) is 22.9 Å². The molecule has 0 aliphatic rings. The highest BCUT2D eigenvalue weighted by Gasteiger charge is 2.27. The molecular formula is C22H29N3O6. The van der Waals surface area contributed by atoms with E-state index < -0.39 is 12.0 Å². The molecule has 2 aromatic carbocycles. The maximum Gasteiger partial charge on any atom is 0.333 e. The first-order valence-electron chi connectivity index (χ1n) is 9.94. The first kappa shape index (κ1) is 23.8. The fourth-order valence-electron chi connectivity index (χ4n) is 3.04. The summed E-state index contributed by atoms with van der Waals surface area (Å²) in [7, 11) is 1.31. The van der Waals surface area contributed by atoms with Crippen molar-refractivity contribution in [1.29, 1.82) is 0 Å². The number of nitrogens with two attached hydrogens (primary N) is 1. The Bertz CT molecular complexity index is 899. The van der Waals surface area contributed by atoms with Gasteiger partial charge in [-0.25, -0.2) is 4.79 Å². The predicted octanol–water partition coefficient (Wildman–Crippen LogP) is 2.44. The second kappa shape index (κ2) is 11.7. The minimum absolute atomic E-state index is 0.0186. The van der Waals surface area contributed by atoms with Crippen molar-refractivity contribution >= 4 is 17.5 Å². The third-order valence-electron chi connectivity index (χ3n) is 4.57. The molecule has 0 fully saturated rings. The minimum Gasteiger partial charge on any atom is -0.493 e. The van der Waals surface area contributed by atoms with Crippen LogP contribution in [0.2, 0.25) is 0 Å². The number of hydrogen-bond acceptors (Lipinski definition) is 8. The van der Waals surface area contributed by atoms with Crippen LogP contribution in [0, 0.1) is 0 Å². The van der Waals surface area contributed by atoms with Gasteiger partial charge in [0.25, 0.3) is 0 Å². The molecule has 168 valence electrons. The number of rotatable bonds is 11. The number of nitrogens with one attached hydrogen (secondary N) is 1. The summed E-state index contributed by atoms with van der Waals surface area (Å²) in [6.07, 6.45) is 0.685. The van der Waals surface area contributed by atoms with Gasteiger partial charge < -0.3 is 35.6 Å². The van der Waals surface area contributed by atoms with Crippen LogP contribution in [0.5, 0.6) is 11.5 Å². The predicted molar refractivity (Wildman–Crippen MR) is 117 cm³/mol. The number of oxime groups is 1. The summed E-state index contributed by atoms with van der Waals surface area (Å²) in [5.41, 5.74) is 8.21. The molecule has 0 heterocycles. The summed E-state index contributed by atoms with van der Waals surface area (Å²) in [5, 5.41) is 24.1. The summed E-state index contributed by atoms with van der Waals surface area (Å²) in [6, 6.07) is 9.41. The van der Waals surface area contributed by atoms with E-state index in [1.54, 1.807) is 30.3 Å². The number of aryl methyl sites for hydroxylation is 1. The molecule has 31 heavy (non-hydrogen) atoms. The van der Waals surface area contributed by atoms with E-state index in [0.717, 1.165) is 5.56 Å². The monoisotopic (exact) mass is 431 g/mol. The number of anilines is 1. The van der Waals surface area contributed by atoms with Crippen LogP contribution in [-0.2, 0) is 16.0 Å². The second-order valence-corrected chi connectivity index (χ2v) is 6.52. The molecule has 0 saturated carbocycles. The van der Waals surface area contributed by atoms with E-state index in [2.05, 4.69) is 10.5 Å². The van der Waals surface area contributed by atoms with Crippen molar-refractivity contribution in [3.63, 3.8) is 0 Å². The maximum absolute atomic E-state index is 12.7. The lowest BCUT2D eigenvalue weighted by Gasteiger charge is -2.23. The zero-order valence-corrected chi connectivity index (χ0v) is 17.9. The van der Waals surface area contributed by atoms with Gasteiger partial charge in [0.15, 0.2) is 11.9 Å². The molecule has 0 amide bonds. The van der Waals surface area contributed by atoms with Crippen LogP contribution in [-0.4, -0.2) is 49.0 Å². The first-order valence-corrected chi connectivity index (χ1v) is 9.94. The Morgan fingerprint density at radius 1 is 1.16 bits per heavy atom. The van der Waals surface area contributed by atoms with Crippen LogP contribution >= 0.6 is 0 Å². The Morgan fingerprint density at radius 2 is 1.87 bits per heavy atom. The molecule has 0 saturated heterocycles. The van der Waals surface area contributed by atoms with E-state index in [0.29, 0.717) is 41.3 Å². The minimum atomic E-state index is -0.880. The van der Waals surface area contributed by atoms with Gasteiger partial charge in [0.05, 0.1) is 20.3 Å². The summed E-state index contributed by atoms with van der Waals surface area (Å²) in [6.45, 7) is 4.24. The van der Waals surface area contributed by atoms with Gasteiger partial charge >= 0.3 is 5.97 Å². The van der Waals surface area contributed by atoms with Crippen LogP contribution in [0.3, 0.4) is 0 Å². The number of carbonyl (C=O) groups excluding carboxylic acids is 1. The van der Waals surface area contributed by atoms with E-state index >= 15 is 0 Å². The third kappa shape index (κ3) is 6.02. The van der Waals surface area contributed by atoms with E-state index in [9.17, 15) is 9.90 Å². The van der Waals surface area contributed by atoms with Crippen molar-refractivity contribution in [2.75, 3.05) is 32.2 Å². The highest BCUT2D eigenvalue weighted by atomic mass is 16.5. The van der Waals surface area contributed by atoms with Crippen molar-refractivity contribution in [3.8, 4) is 11.5 Å². The molecule has 0 spiro atoms. The Kier molecular flexibility index (Phi) is 8.95. The highest BCUT2D eigenvalue weighted by molar-refractivity contribution is 5.97. The molecule has 0 aliphatic carbocycles. The number of ether oxygens (including phenoxy) is 3. The zero-order chi connectivity index (χ0) is 22.8. The average molecular weight is 431 g/mol. The van der Waals surface area contributed by atoms with Gasteiger partial charge in [0.2, 0.25) is 0 Å². The molecule has 0 radical (unpaired) electrons. The number of hydrogen-bond donors (Lipinski definition) is 4. The van der Waals surface area contributed by atoms with Gasteiger partial charge in [-0.2, -0.15) is 0 Å². The lowest BCUT2D eigenvalue weighted by Crippen LogP contribution is -2.24.